The van der Waals surface area contributed by atoms with Gasteiger partial charge in [-0.1, -0.05) is 11.2 Å². The molecule has 0 spiro atoms. The summed E-state index contributed by atoms with van der Waals surface area (Å²) in [5.74, 6) is 1.66. The number of benzene rings is 1. The number of hydrogen-bond donors (Lipinski definition) is 0. The second-order valence-corrected chi connectivity index (χ2v) is 6.04. The van der Waals surface area contributed by atoms with Gasteiger partial charge in [0.1, 0.15) is 11.9 Å². The zero-order valence-electron chi connectivity index (χ0n) is 13.2. The van der Waals surface area contributed by atoms with Gasteiger partial charge >= 0.3 is 0 Å². The van der Waals surface area contributed by atoms with E-state index in [0.717, 1.165) is 38.2 Å². The highest BCUT2D eigenvalue weighted by atomic mass is 16.5. The van der Waals surface area contributed by atoms with Crippen molar-refractivity contribution in [1.82, 2.24) is 19.6 Å². The van der Waals surface area contributed by atoms with E-state index in [1.54, 1.807) is 0 Å². The largest absolute Gasteiger partial charge is 0.490 e. The zero-order chi connectivity index (χ0) is 15.6. The summed E-state index contributed by atoms with van der Waals surface area (Å²) in [4.78, 5) is 6.41. The van der Waals surface area contributed by atoms with Crippen molar-refractivity contribution in [3.63, 3.8) is 0 Å². The number of rotatable bonds is 4. The number of fused-ring (bicyclic) bond motifs is 1. The Balaban J connectivity index is 1.39. The van der Waals surface area contributed by atoms with Crippen LogP contribution < -0.4 is 4.74 Å². The predicted octanol–water partition coefficient (Wildman–Crippen LogP) is 2.60. The molecule has 0 radical (unpaired) electrons. The maximum Gasteiger partial charge on any atom is 0.240 e. The standard InChI is InChI=1S/C17H20N4O2/c1-20-8-7-14-15(20)3-2-4-16(14)22-13-5-9-21(10-6-13)11-17-18-12-19-23-17/h2-4,7-8,12-13H,5-6,9-11H2,1H3. The highest BCUT2D eigenvalue weighted by Crippen LogP contribution is 2.28. The van der Waals surface area contributed by atoms with Crippen LogP contribution >= 0.6 is 0 Å². The molecule has 1 aliphatic heterocycles. The number of aryl methyl sites for hydroxylation is 1. The number of hydrogen-bond acceptors (Lipinski definition) is 5. The summed E-state index contributed by atoms with van der Waals surface area (Å²) in [5.41, 5.74) is 1.20. The first-order valence-electron chi connectivity index (χ1n) is 7.98. The maximum absolute atomic E-state index is 6.27. The number of nitrogens with zero attached hydrogens (tertiary/aromatic N) is 4. The summed E-state index contributed by atoms with van der Waals surface area (Å²) >= 11 is 0. The highest BCUT2D eigenvalue weighted by Gasteiger charge is 2.22. The number of piperidine rings is 1. The van der Waals surface area contributed by atoms with E-state index >= 15 is 0 Å². The van der Waals surface area contributed by atoms with E-state index in [1.165, 1.54) is 17.2 Å². The van der Waals surface area contributed by atoms with Crippen LogP contribution in [0.25, 0.3) is 10.9 Å². The highest BCUT2D eigenvalue weighted by molar-refractivity contribution is 5.86. The van der Waals surface area contributed by atoms with Crippen LogP contribution in [0.3, 0.4) is 0 Å². The number of aromatic nitrogens is 3. The lowest BCUT2D eigenvalue weighted by Gasteiger charge is -2.31. The first-order valence-corrected chi connectivity index (χ1v) is 7.98. The van der Waals surface area contributed by atoms with E-state index in [4.69, 9.17) is 9.26 Å². The molecule has 1 aliphatic rings. The fraction of sp³-hybridized carbons (Fsp3) is 0.412. The molecule has 0 bridgehead atoms. The van der Waals surface area contributed by atoms with Crippen LogP contribution in [0.5, 0.6) is 5.75 Å². The van der Waals surface area contributed by atoms with Gasteiger partial charge < -0.3 is 13.8 Å². The quantitative estimate of drug-likeness (QED) is 0.741. The van der Waals surface area contributed by atoms with Gasteiger partial charge in [0, 0.05) is 31.7 Å². The smallest absolute Gasteiger partial charge is 0.240 e. The SMILES string of the molecule is Cn1ccc2c(OC3CCN(Cc4ncno4)CC3)cccc21. The van der Waals surface area contributed by atoms with E-state index in [1.807, 2.05) is 0 Å². The third-order valence-corrected chi connectivity index (χ3v) is 4.48. The molecular weight excluding hydrogens is 292 g/mol. The van der Waals surface area contributed by atoms with Crippen LogP contribution in [-0.2, 0) is 13.6 Å². The van der Waals surface area contributed by atoms with Crippen LogP contribution in [-0.4, -0.2) is 38.8 Å². The Kier molecular flexibility index (Phi) is 3.75. The molecule has 1 fully saturated rings. The fourth-order valence-electron chi connectivity index (χ4n) is 3.20. The van der Waals surface area contributed by atoms with Crippen molar-refractivity contribution in [3.05, 3.63) is 42.7 Å². The van der Waals surface area contributed by atoms with E-state index in [0.29, 0.717) is 5.89 Å². The Bertz CT molecular complexity index is 773. The van der Waals surface area contributed by atoms with Gasteiger partial charge in [-0.05, 0) is 31.0 Å². The average molecular weight is 312 g/mol. The van der Waals surface area contributed by atoms with Gasteiger partial charge in [0.25, 0.3) is 0 Å². The van der Waals surface area contributed by atoms with Crippen molar-refractivity contribution >= 4 is 10.9 Å². The van der Waals surface area contributed by atoms with Crippen LogP contribution in [0.15, 0.2) is 41.3 Å². The van der Waals surface area contributed by atoms with E-state index in [2.05, 4.69) is 57.1 Å². The minimum absolute atomic E-state index is 0.264. The molecular formula is C17H20N4O2. The molecule has 0 aliphatic carbocycles. The lowest BCUT2D eigenvalue weighted by Crippen LogP contribution is -2.37. The zero-order valence-corrected chi connectivity index (χ0v) is 13.2. The van der Waals surface area contributed by atoms with Gasteiger partial charge in [0.2, 0.25) is 5.89 Å². The van der Waals surface area contributed by atoms with Crippen molar-refractivity contribution in [2.45, 2.75) is 25.5 Å². The van der Waals surface area contributed by atoms with Gasteiger partial charge in [-0.25, -0.2) is 0 Å². The molecule has 3 aromatic rings. The van der Waals surface area contributed by atoms with Crippen molar-refractivity contribution in [2.24, 2.45) is 7.05 Å². The first-order chi connectivity index (χ1) is 11.3. The van der Waals surface area contributed by atoms with Gasteiger partial charge in [-0.2, -0.15) is 4.98 Å². The molecule has 120 valence electrons. The van der Waals surface area contributed by atoms with Gasteiger partial charge in [0.15, 0.2) is 6.33 Å². The van der Waals surface area contributed by atoms with Crippen LogP contribution in [0.1, 0.15) is 18.7 Å². The van der Waals surface area contributed by atoms with Gasteiger partial charge in [-0.15, -0.1) is 0 Å². The summed E-state index contributed by atoms with van der Waals surface area (Å²) in [6, 6.07) is 8.36. The third-order valence-electron chi connectivity index (χ3n) is 4.48. The fourth-order valence-corrected chi connectivity index (χ4v) is 3.20. The minimum atomic E-state index is 0.264. The second-order valence-electron chi connectivity index (χ2n) is 6.04. The van der Waals surface area contributed by atoms with Crippen LogP contribution in [0, 0.1) is 0 Å². The molecule has 0 saturated carbocycles. The molecule has 0 amide bonds. The summed E-state index contributed by atoms with van der Waals surface area (Å²) in [7, 11) is 2.06. The Hall–Kier alpha value is -2.34. The Labute approximate surface area is 134 Å². The predicted molar refractivity (Wildman–Crippen MR) is 86.1 cm³/mol. The van der Waals surface area contributed by atoms with E-state index in [9.17, 15) is 0 Å². The van der Waals surface area contributed by atoms with Crippen molar-refractivity contribution in [1.29, 1.82) is 0 Å². The Morgan fingerprint density at radius 2 is 2.13 bits per heavy atom. The molecule has 6 nitrogen and oxygen atoms in total. The molecule has 0 N–H and O–H groups in total. The summed E-state index contributed by atoms with van der Waals surface area (Å²) in [5, 5.41) is 4.83. The lowest BCUT2D eigenvalue weighted by atomic mass is 10.1. The van der Waals surface area contributed by atoms with Gasteiger partial charge in [-0.3, -0.25) is 4.90 Å². The Morgan fingerprint density at radius 1 is 1.26 bits per heavy atom. The lowest BCUT2D eigenvalue weighted by molar-refractivity contribution is 0.0915. The number of likely N-dealkylation sites (tertiary alicyclic amines) is 1. The molecule has 2 aromatic heterocycles. The molecule has 0 atom stereocenters. The van der Waals surface area contributed by atoms with Crippen LogP contribution in [0.4, 0.5) is 0 Å². The molecule has 6 heteroatoms. The summed E-state index contributed by atoms with van der Waals surface area (Å²) < 4.78 is 13.5. The Morgan fingerprint density at radius 3 is 2.91 bits per heavy atom. The maximum atomic E-state index is 6.27. The van der Waals surface area contributed by atoms with E-state index in [-0.39, 0.29) is 6.10 Å². The molecule has 0 unspecified atom stereocenters. The van der Waals surface area contributed by atoms with Crippen molar-refractivity contribution in [3.8, 4) is 5.75 Å². The number of ether oxygens (including phenoxy) is 1. The van der Waals surface area contributed by atoms with E-state index < -0.39 is 0 Å². The van der Waals surface area contributed by atoms with Crippen LogP contribution in [0.2, 0.25) is 0 Å². The first kappa shape index (κ1) is 14.3. The van der Waals surface area contributed by atoms with Gasteiger partial charge in [0.05, 0.1) is 12.1 Å². The van der Waals surface area contributed by atoms with Crippen molar-refractivity contribution in [2.75, 3.05) is 13.1 Å². The normalized spacial score (nSPS) is 16.9. The summed E-state index contributed by atoms with van der Waals surface area (Å²) in [6.07, 6.45) is 5.81. The van der Waals surface area contributed by atoms with Crippen molar-refractivity contribution < 1.29 is 9.26 Å². The molecule has 1 saturated heterocycles. The minimum Gasteiger partial charge on any atom is -0.490 e. The third kappa shape index (κ3) is 2.94. The molecule has 3 heterocycles. The average Bonchev–Trinajstić information content (AvgIpc) is 3.20. The molecule has 1 aromatic carbocycles. The topological polar surface area (TPSA) is 56.3 Å². The second kappa shape index (κ2) is 6.04. The summed E-state index contributed by atoms with van der Waals surface area (Å²) in [6.45, 7) is 2.69. The molecule has 23 heavy (non-hydrogen) atoms. The molecule has 4 rings (SSSR count). The monoisotopic (exact) mass is 312 g/mol.